The molecule has 3 aromatic rings. The number of hydrogen-bond acceptors (Lipinski definition) is 3. The molecule has 152 valence electrons. The van der Waals surface area contributed by atoms with Crippen LogP contribution in [0, 0.1) is 0 Å². The number of fused-ring (bicyclic) bond motifs is 1. The fourth-order valence-electron chi connectivity index (χ4n) is 3.03. The lowest BCUT2D eigenvalue weighted by Crippen LogP contribution is -2.29. The zero-order valence-electron chi connectivity index (χ0n) is 14.8. The third-order valence-corrected chi connectivity index (χ3v) is 5.00. The summed E-state index contributed by atoms with van der Waals surface area (Å²) in [5, 5.41) is -0.613. The fourth-order valence-corrected chi connectivity index (χ4v) is 3.59. The molecule has 1 aliphatic heterocycles. The SMILES string of the molecule is O=C1c2ccccc2C(=O)N1c1ccc(Oc2c(Cl)cc(C(F)(F)F)cc2Cl)cc1. The molecule has 2 amide bonds. The summed E-state index contributed by atoms with van der Waals surface area (Å²) in [6.07, 6.45) is -4.60. The molecule has 0 fully saturated rings. The van der Waals surface area contributed by atoms with Crippen LogP contribution in [0.1, 0.15) is 26.3 Å². The van der Waals surface area contributed by atoms with Crippen molar-refractivity contribution in [2.24, 2.45) is 0 Å². The monoisotopic (exact) mass is 451 g/mol. The van der Waals surface area contributed by atoms with Crippen LogP contribution in [0.5, 0.6) is 11.5 Å². The second-order valence-corrected chi connectivity index (χ2v) is 7.17. The number of amides is 2. The Morgan fingerprint density at radius 2 is 1.30 bits per heavy atom. The molecule has 0 aromatic heterocycles. The second-order valence-electron chi connectivity index (χ2n) is 6.35. The van der Waals surface area contributed by atoms with Crippen LogP contribution in [0.2, 0.25) is 10.0 Å². The largest absolute Gasteiger partial charge is 0.454 e. The van der Waals surface area contributed by atoms with E-state index in [0.29, 0.717) is 16.8 Å². The number of hydrogen-bond donors (Lipinski definition) is 0. The van der Waals surface area contributed by atoms with Crippen LogP contribution >= 0.6 is 23.2 Å². The van der Waals surface area contributed by atoms with Gasteiger partial charge >= 0.3 is 6.18 Å². The lowest BCUT2D eigenvalue weighted by Gasteiger charge is -2.16. The standard InChI is InChI=1S/C21H10Cl2F3NO3/c22-16-9-11(21(24,25)26)10-17(23)18(16)30-13-7-5-12(6-8-13)27-19(28)14-3-1-2-4-15(14)20(27)29/h1-10H. The molecule has 3 aromatic carbocycles. The van der Waals surface area contributed by atoms with Gasteiger partial charge in [-0.1, -0.05) is 35.3 Å². The molecule has 0 bridgehead atoms. The first-order valence-electron chi connectivity index (χ1n) is 8.49. The summed E-state index contributed by atoms with van der Waals surface area (Å²) >= 11 is 11.8. The van der Waals surface area contributed by atoms with E-state index in [1.165, 1.54) is 24.3 Å². The Hall–Kier alpha value is -3.03. The van der Waals surface area contributed by atoms with E-state index in [-0.39, 0.29) is 21.5 Å². The van der Waals surface area contributed by atoms with Crippen LogP contribution in [-0.2, 0) is 6.18 Å². The first kappa shape index (κ1) is 20.3. The van der Waals surface area contributed by atoms with Crippen molar-refractivity contribution in [1.82, 2.24) is 0 Å². The van der Waals surface area contributed by atoms with Crippen molar-refractivity contribution in [1.29, 1.82) is 0 Å². The quantitative estimate of drug-likeness (QED) is 0.421. The van der Waals surface area contributed by atoms with Gasteiger partial charge in [-0.3, -0.25) is 9.59 Å². The van der Waals surface area contributed by atoms with Crippen LogP contribution in [-0.4, -0.2) is 11.8 Å². The predicted molar refractivity (Wildman–Crippen MR) is 106 cm³/mol. The number of carbonyl (C=O) groups excluding carboxylic acids is 2. The van der Waals surface area contributed by atoms with Crippen LogP contribution < -0.4 is 9.64 Å². The van der Waals surface area contributed by atoms with E-state index in [4.69, 9.17) is 27.9 Å². The normalized spacial score (nSPS) is 13.6. The van der Waals surface area contributed by atoms with Gasteiger partial charge in [0.1, 0.15) is 5.75 Å². The van der Waals surface area contributed by atoms with Gasteiger partial charge in [0.05, 0.1) is 32.4 Å². The molecule has 0 saturated carbocycles. The molecule has 0 spiro atoms. The van der Waals surface area contributed by atoms with Crippen LogP contribution in [0.25, 0.3) is 0 Å². The van der Waals surface area contributed by atoms with E-state index in [0.717, 1.165) is 17.0 Å². The Balaban J connectivity index is 1.59. The Morgan fingerprint density at radius 3 is 1.77 bits per heavy atom. The van der Waals surface area contributed by atoms with Gasteiger partial charge in [-0.2, -0.15) is 13.2 Å². The van der Waals surface area contributed by atoms with E-state index in [1.807, 2.05) is 0 Å². The summed E-state index contributed by atoms with van der Waals surface area (Å²) < 4.78 is 44.0. The first-order chi connectivity index (χ1) is 14.2. The smallest absolute Gasteiger partial charge is 0.416 e. The molecule has 4 rings (SSSR count). The predicted octanol–water partition coefficient (Wildman–Crippen LogP) is 6.61. The van der Waals surface area contributed by atoms with E-state index < -0.39 is 23.6 Å². The highest BCUT2D eigenvalue weighted by atomic mass is 35.5. The minimum atomic E-state index is -4.60. The van der Waals surface area contributed by atoms with Crippen LogP contribution in [0.3, 0.4) is 0 Å². The highest BCUT2D eigenvalue weighted by molar-refractivity contribution is 6.37. The van der Waals surface area contributed by atoms with Crippen LogP contribution in [0.4, 0.5) is 18.9 Å². The summed E-state index contributed by atoms with van der Waals surface area (Å²) in [4.78, 5) is 26.1. The number of anilines is 1. The molecule has 0 atom stereocenters. The second kappa shape index (κ2) is 7.34. The van der Waals surface area contributed by atoms with Crippen molar-refractivity contribution in [3.05, 3.63) is 87.4 Å². The minimum absolute atomic E-state index is 0.139. The molecule has 0 radical (unpaired) electrons. The Morgan fingerprint density at radius 1 is 0.800 bits per heavy atom. The molecule has 0 unspecified atom stereocenters. The number of carbonyl (C=O) groups is 2. The van der Waals surface area contributed by atoms with Gasteiger partial charge in [0.15, 0.2) is 5.75 Å². The maximum atomic E-state index is 12.8. The Labute approximate surface area is 178 Å². The van der Waals surface area contributed by atoms with Crippen LogP contribution in [0.15, 0.2) is 60.7 Å². The number of halogens is 5. The van der Waals surface area contributed by atoms with Gasteiger partial charge in [-0.05, 0) is 48.5 Å². The number of ether oxygens (including phenoxy) is 1. The molecular weight excluding hydrogens is 442 g/mol. The molecular formula is C21H10Cl2F3NO3. The highest BCUT2D eigenvalue weighted by Gasteiger charge is 2.36. The van der Waals surface area contributed by atoms with Gasteiger partial charge in [0.2, 0.25) is 0 Å². The molecule has 4 nitrogen and oxygen atoms in total. The lowest BCUT2D eigenvalue weighted by molar-refractivity contribution is -0.137. The molecule has 30 heavy (non-hydrogen) atoms. The van der Waals surface area contributed by atoms with E-state index in [2.05, 4.69) is 0 Å². The maximum absolute atomic E-state index is 12.8. The summed E-state index contributed by atoms with van der Waals surface area (Å²) in [5.74, 6) is -0.824. The summed E-state index contributed by atoms with van der Waals surface area (Å²) in [6.45, 7) is 0. The van der Waals surface area contributed by atoms with Gasteiger partial charge in [0.25, 0.3) is 11.8 Å². The number of rotatable bonds is 3. The highest BCUT2D eigenvalue weighted by Crippen LogP contribution is 2.42. The van der Waals surface area contributed by atoms with Gasteiger partial charge < -0.3 is 4.74 Å². The Bertz CT molecular complexity index is 1120. The van der Waals surface area contributed by atoms with Crippen molar-refractivity contribution >= 4 is 40.7 Å². The summed E-state index contributed by atoms with van der Waals surface area (Å²) in [7, 11) is 0. The van der Waals surface area contributed by atoms with E-state index in [9.17, 15) is 22.8 Å². The average Bonchev–Trinajstić information content (AvgIpc) is 2.95. The first-order valence-corrected chi connectivity index (χ1v) is 9.24. The fraction of sp³-hybridized carbons (Fsp3) is 0.0476. The van der Waals surface area contributed by atoms with Crippen molar-refractivity contribution < 1.29 is 27.5 Å². The minimum Gasteiger partial charge on any atom is -0.454 e. The lowest BCUT2D eigenvalue weighted by atomic mass is 10.1. The topological polar surface area (TPSA) is 46.6 Å². The number of nitrogens with zero attached hydrogens (tertiary/aromatic N) is 1. The maximum Gasteiger partial charge on any atom is 0.416 e. The summed E-state index contributed by atoms with van der Waals surface area (Å²) in [5.41, 5.74) is -0.0544. The number of imide groups is 1. The third kappa shape index (κ3) is 3.51. The summed E-state index contributed by atoms with van der Waals surface area (Å²) in [6, 6.07) is 13.8. The van der Waals surface area contributed by atoms with Crippen molar-refractivity contribution in [2.75, 3.05) is 4.90 Å². The molecule has 1 heterocycles. The molecule has 0 aliphatic carbocycles. The van der Waals surface area contributed by atoms with E-state index >= 15 is 0 Å². The molecule has 0 N–H and O–H groups in total. The van der Waals surface area contributed by atoms with Crippen molar-refractivity contribution in [2.45, 2.75) is 6.18 Å². The van der Waals surface area contributed by atoms with E-state index in [1.54, 1.807) is 24.3 Å². The number of alkyl halides is 3. The van der Waals surface area contributed by atoms with Gasteiger partial charge in [-0.15, -0.1) is 0 Å². The average molecular weight is 452 g/mol. The molecule has 1 aliphatic rings. The Kier molecular flexibility index (Phi) is 4.95. The number of benzene rings is 3. The van der Waals surface area contributed by atoms with Crippen molar-refractivity contribution in [3.8, 4) is 11.5 Å². The third-order valence-electron chi connectivity index (χ3n) is 4.43. The zero-order chi connectivity index (χ0) is 21.6. The molecule has 9 heteroatoms. The van der Waals surface area contributed by atoms with Gasteiger partial charge in [-0.25, -0.2) is 4.90 Å². The zero-order valence-corrected chi connectivity index (χ0v) is 16.3. The van der Waals surface area contributed by atoms with Crippen molar-refractivity contribution in [3.63, 3.8) is 0 Å². The molecule has 0 saturated heterocycles. The van der Waals surface area contributed by atoms with Gasteiger partial charge in [0, 0.05) is 0 Å².